The van der Waals surface area contributed by atoms with Crippen LogP contribution in [0.1, 0.15) is 57.6 Å². The molecule has 0 aromatic heterocycles. The second-order valence-corrected chi connectivity index (χ2v) is 8.86. The standard InChI is InChI=1S/C24H40N4O2/c1-5-25-23(26-17-21-9-8-20(4)16-22(21)30-19(2)3)27-18-24(10-14-29-15-11-24)28-12-6-7-13-28/h8-9,16,19H,5-7,10-15,17-18H2,1-4H3,(H2,25,26,27). The minimum Gasteiger partial charge on any atom is -0.491 e. The third-order valence-corrected chi connectivity index (χ3v) is 6.12. The molecule has 30 heavy (non-hydrogen) atoms. The van der Waals surface area contributed by atoms with Crippen LogP contribution in [-0.2, 0) is 11.3 Å². The third kappa shape index (κ3) is 6.11. The molecule has 0 amide bonds. The number of benzene rings is 1. The highest BCUT2D eigenvalue weighted by Gasteiger charge is 2.39. The van der Waals surface area contributed by atoms with Crippen molar-refractivity contribution in [2.75, 3.05) is 39.4 Å². The van der Waals surface area contributed by atoms with Crippen LogP contribution in [0, 0.1) is 6.92 Å². The van der Waals surface area contributed by atoms with Gasteiger partial charge in [-0.3, -0.25) is 4.90 Å². The van der Waals surface area contributed by atoms with Crippen molar-refractivity contribution in [2.24, 2.45) is 4.99 Å². The van der Waals surface area contributed by atoms with Crippen LogP contribution in [-0.4, -0.2) is 61.9 Å². The number of guanidine groups is 1. The van der Waals surface area contributed by atoms with E-state index in [9.17, 15) is 0 Å². The molecule has 0 spiro atoms. The molecule has 0 aliphatic carbocycles. The molecule has 0 unspecified atom stereocenters. The molecule has 2 N–H and O–H groups in total. The second-order valence-electron chi connectivity index (χ2n) is 8.86. The molecule has 2 fully saturated rings. The van der Waals surface area contributed by atoms with Crippen molar-refractivity contribution < 1.29 is 9.47 Å². The number of hydrogen-bond donors (Lipinski definition) is 2. The fourth-order valence-corrected chi connectivity index (χ4v) is 4.46. The van der Waals surface area contributed by atoms with Gasteiger partial charge in [0.2, 0.25) is 0 Å². The van der Waals surface area contributed by atoms with Gasteiger partial charge < -0.3 is 20.1 Å². The molecule has 0 saturated carbocycles. The van der Waals surface area contributed by atoms with Crippen molar-refractivity contribution in [3.63, 3.8) is 0 Å². The topological polar surface area (TPSA) is 58.1 Å². The lowest BCUT2D eigenvalue weighted by atomic mass is 9.88. The van der Waals surface area contributed by atoms with Crippen molar-refractivity contribution in [2.45, 2.75) is 71.6 Å². The molecule has 1 aromatic rings. The molecule has 3 rings (SSSR count). The lowest BCUT2D eigenvalue weighted by Gasteiger charge is -2.45. The third-order valence-electron chi connectivity index (χ3n) is 6.12. The molecule has 2 heterocycles. The highest BCUT2D eigenvalue weighted by molar-refractivity contribution is 5.79. The largest absolute Gasteiger partial charge is 0.491 e. The number of hydrogen-bond acceptors (Lipinski definition) is 4. The summed E-state index contributed by atoms with van der Waals surface area (Å²) in [6.45, 7) is 14.8. The van der Waals surface area contributed by atoms with Gasteiger partial charge in [0.05, 0.1) is 12.6 Å². The molecule has 2 aliphatic heterocycles. The number of likely N-dealkylation sites (tertiary alicyclic amines) is 1. The summed E-state index contributed by atoms with van der Waals surface area (Å²) in [5, 5.41) is 7.07. The zero-order valence-electron chi connectivity index (χ0n) is 19.3. The molecular weight excluding hydrogens is 376 g/mol. The van der Waals surface area contributed by atoms with Crippen LogP contribution in [0.4, 0.5) is 0 Å². The molecule has 6 heteroatoms. The van der Waals surface area contributed by atoms with Gasteiger partial charge in [-0.1, -0.05) is 12.1 Å². The molecule has 6 nitrogen and oxygen atoms in total. The van der Waals surface area contributed by atoms with E-state index in [2.05, 4.69) is 61.4 Å². The van der Waals surface area contributed by atoms with Gasteiger partial charge in [0, 0.05) is 37.4 Å². The highest BCUT2D eigenvalue weighted by atomic mass is 16.5. The van der Waals surface area contributed by atoms with Gasteiger partial charge in [-0.25, -0.2) is 4.99 Å². The number of ether oxygens (including phenoxy) is 2. The van der Waals surface area contributed by atoms with E-state index in [4.69, 9.17) is 14.5 Å². The highest BCUT2D eigenvalue weighted by Crippen LogP contribution is 2.30. The molecule has 0 radical (unpaired) electrons. The van der Waals surface area contributed by atoms with Crippen LogP contribution in [0.3, 0.4) is 0 Å². The summed E-state index contributed by atoms with van der Waals surface area (Å²) in [6, 6.07) is 6.36. The first kappa shape index (κ1) is 22.9. The first-order valence-electron chi connectivity index (χ1n) is 11.6. The van der Waals surface area contributed by atoms with Gasteiger partial charge in [0.15, 0.2) is 5.96 Å². The van der Waals surface area contributed by atoms with E-state index in [0.29, 0.717) is 6.54 Å². The van der Waals surface area contributed by atoms with E-state index >= 15 is 0 Å². The Hall–Kier alpha value is -1.79. The summed E-state index contributed by atoms with van der Waals surface area (Å²) in [6.07, 6.45) is 4.94. The summed E-state index contributed by atoms with van der Waals surface area (Å²) in [5.41, 5.74) is 2.50. The van der Waals surface area contributed by atoms with E-state index < -0.39 is 0 Å². The quantitative estimate of drug-likeness (QED) is 0.502. The van der Waals surface area contributed by atoms with E-state index in [-0.39, 0.29) is 11.6 Å². The lowest BCUT2D eigenvalue weighted by molar-refractivity contribution is -0.0164. The minimum atomic E-state index is 0.148. The number of nitrogens with zero attached hydrogens (tertiary/aromatic N) is 2. The molecule has 168 valence electrons. The first-order chi connectivity index (χ1) is 14.5. The van der Waals surface area contributed by atoms with Gasteiger partial charge in [0.25, 0.3) is 0 Å². The summed E-state index contributed by atoms with van der Waals surface area (Å²) in [4.78, 5) is 7.57. The average Bonchev–Trinajstić information content (AvgIpc) is 3.27. The molecule has 2 saturated heterocycles. The molecule has 0 atom stereocenters. The Morgan fingerprint density at radius 2 is 1.93 bits per heavy atom. The summed E-state index contributed by atoms with van der Waals surface area (Å²) in [5.74, 6) is 1.81. The molecular formula is C24H40N4O2. The number of aryl methyl sites for hydroxylation is 1. The minimum absolute atomic E-state index is 0.148. The molecule has 0 bridgehead atoms. The van der Waals surface area contributed by atoms with E-state index in [0.717, 1.165) is 56.4 Å². The van der Waals surface area contributed by atoms with E-state index in [1.165, 1.54) is 31.5 Å². The van der Waals surface area contributed by atoms with E-state index in [1.807, 2.05) is 0 Å². The van der Waals surface area contributed by atoms with Crippen LogP contribution < -0.4 is 15.4 Å². The van der Waals surface area contributed by atoms with Crippen molar-refractivity contribution in [3.8, 4) is 5.75 Å². The molecule has 1 aromatic carbocycles. The van der Waals surface area contributed by atoms with Gasteiger partial charge in [-0.05, 0) is 78.1 Å². The number of nitrogens with one attached hydrogen (secondary N) is 2. The van der Waals surface area contributed by atoms with Crippen molar-refractivity contribution in [3.05, 3.63) is 29.3 Å². The first-order valence-corrected chi connectivity index (χ1v) is 11.6. The van der Waals surface area contributed by atoms with Crippen LogP contribution >= 0.6 is 0 Å². The monoisotopic (exact) mass is 416 g/mol. The summed E-state index contributed by atoms with van der Waals surface area (Å²) in [7, 11) is 0. The zero-order valence-corrected chi connectivity index (χ0v) is 19.3. The van der Waals surface area contributed by atoms with Crippen LogP contribution in [0.5, 0.6) is 5.75 Å². The SMILES string of the molecule is CCNC(=NCc1ccc(C)cc1OC(C)C)NCC1(N2CCCC2)CCOCC1. The number of rotatable bonds is 8. The Morgan fingerprint density at radius 1 is 1.20 bits per heavy atom. The zero-order chi connectivity index (χ0) is 21.4. The number of aliphatic imine (C=N–C) groups is 1. The summed E-state index contributed by atoms with van der Waals surface area (Å²) >= 11 is 0. The van der Waals surface area contributed by atoms with Crippen LogP contribution in [0.15, 0.2) is 23.2 Å². The van der Waals surface area contributed by atoms with E-state index in [1.54, 1.807) is 0 Å². The maximum atomic E-state index is 6.03. The maximum Gasteiger partial charge on any atom is 0.191 e. The normalized spacial score (nSPS) is 19.8. The fourth-order valence-electron chi connectivity index (χ4n) is 4.46. The van der Waals surface area contributed by atoms with Crippen LogP contribution in [0.2, 0.25) is 0 Å². The Kier molecular flexibility index (Phi) is 8.40. The maximum absolute atomic E-state index is 6.03. The Morgan fingerprint density at radius 3 is 2.60 bits per heavy atom. The molecule has 2 aliphatic rings. The predicted molar refractivity (Wildman–Crippen MR) is 123 cm³/mol. The Balaban J connectivity index is 1.70. The van der Waals surface area contributed by atoms with Gasteiger partial charge in [-0.15, -0.1) is 0 Å². The predicted octanol–water partition coefficient (Wildman–Crippen LogP) is 3.48. The van der Waals surface area contributed by atoms with Gasteiger partial charge in [0.1, 0.15) is 5.75 Å². The fraction of sp³-hybridized carbons (Fsp3) is 0.708. The van der Waals surface area contributed by atoms with Crippen molar-refractivity contribution in [1.82, 2.24) is 15.5 Å². The van der Waals surface area contributed by atoms with Gasteiger partial charge >= 0.3 is 0 Å². The Labute approximate surface area is 182 Å². The smallest absolute Gasteiger partial charge is 0.191 e. The van der Waals surface area contributed by atoms with Gasteiger partial charge in [-0.2, -0.15) is 0 Å². The van der Waals surface area contributed by atoms with Crippen LogP contribution in [0.25, 0.3) is 0 Å². The Bertz CT molecular complexity index is 692. The summed E-state index contributed by atoms with van der Waals surface area (Å²) < 4.78 is 11.7. The lowest BCUT2D eigenvalue weighted by Crippen LogP contribution is -2.58. The second kappa shape index (κ2) is 11.0. The van der Waals surface area contributed by atoms with Crippen molar-refractivity contribution in [1.29, 1.82) is 0 Å². The van der Waals surface area contributed by atoms with Crippen molar-refractivity contribution >= 4 is 5.96 Å². The average molecular weight is 417 g/mol.